The first kappa shape index (κ1) is 18.4. The molecule has 0 unspecified atom stereocenters. The lowest BCUT2D eigenvalue weighted by atomic mass is 10.2. The van der Waals surface area contributed by atoms with Crippen molar-refractivity contribution in [3.05, 3.63) is 53.9 Å². The predicted octanol–water partition coefficient (Wildman–Crippen LogP) is 3.17. The molecule has 2 aromatic rings. The Bertz CT molecular complexity index is 752. The second-order valence-corrected chi connectivity index (χ2v) is 6.34. The second-order valence-electron chi connectivity index (χ2n) is 6.34. The first-order chi connectivity index (χ1) is 11.8. The molecule has 0 saturated heterocycles. The number of carbonyl (C=O) groups excluding carboxylic acids is 2. The van der Waals surface area contributed by atoms with Gasteiger partial charge in [0.1, 0.15) is 11.3 Å². The van der Waals surface area contributed by atoms with Gasteiger partial charge in [0, 0.05) is 6.20 Å². The number of carbonyl (C=O) groups is 2. The molecule has 1 aromatic heterocycles. The van der Waals surface area contributed by atoms with E-state index >= 15 is 0 Å². The summed E-state index contributed by atoms with van der Waals surface area (Å²) in [5, 5.41) is 14.3. The van der Waals surface area contributed by atoms with Gasteiger partial charge in [-0.15, -0.1) is 0 Å². The highest BCUT2D eigenvalue weighted by atomic mass is 16.6. The van der Waals surface area contributed by atoms with Crippen molar-refractivity contribution in [2.45, 2.75) is 33.0 Å². The van der Waals surface area contributed by atoms with Gasteiger partial charge in [0.2, 0.25) is 0 Å². The normalized spacial score (nSPS) is 10.9. The third-order valence-electron chi connectivity index (χ3n) is 3.05. The van der Waals surface area contributed by atoms with Crippen molar-refractivity contribution in [3.63, 3.8) is 0 Å². The Labute approximate surface area is 146 Å². The molecular formula is C18H21N3O4. The Morgan fingerprint density at radius 1 is 1.08 bits per heavy atom. The molecule has 0 saturated carbocycles. The average molecular weight is 343 g/mol. The fraction of sp³-hybridized carbons (Fsp3) is 0.278. The maximum absolute atomic E-state index is 12.3. The molecule has 0 aliphatic carbocycles. The molecule has 2 amide bonds. The van der Waals surface area contributed by atoms with Gasteiger partial charge in [0.15, 0.2) is 0 Å². The quantitative estimate of drug-likeness (QED) is 0.791. The van der Waals surface area contributed by atoms with E-state index in [-0.39, 0.29) is 12.3 Å². The fourth-order valence-electron chi connectivity index (χ4n) is 1.95. The molecule has 7 heteroatoms. The van der Waals surface area contributed by atoms with Crippen LogP contribution in [0.1, 0.15) is 36.8 Å². The minimum absolute atomic E-state index is 0.141. The predicted molar refractivity (Wildman–Crippen MR) is 94.4 cm³/mol. The molecule has 3 N–H and O–H groups in total. The van der Waals surface area contributed by atoms with Crippen LogP contribution in [0.25, 0.3) is 0 Å². The van der Waals surface area contributed by atoms with Gasteiger partial charge in [0.05, 0.1) is 18.0 Å². The third-order valence-corrected chi connectivity index (χ3v) is 3.05. The van der Waals surface area contributed by atoms with E-state index in [2.05, 4.69) is 15.6 Å². The van der Waals surface area contributed by atoms with Crippen LogP contribution in [0, 0.1) is 0 Å². The number of rotatable bonds is 4. The maximum Gasteiger partial charge on any atom is 0.412 e. The lowest BCUT2D eigenvalue weighted by Crippen LogP contribution is -2.27. The topological polar surface area (TPSA) is 101 Å². The number of aliphatic hydroxyl groups excluding tert-OH is 1. The van der Waals surface area contributed by atoms with Crippen LogP contribution >= 0.6 is 0 Å². The van der Waals surface area contributed by atoms with Crippen LogP contribution < -0.4 is 10.6 Å². The van der Waals surface area contributed by atoms with Gasteiger partial charge in [-0.1, -0.05) is 18.2 Å². The standard InChI is InChI=1S/C18H21N3O4/c1-18(2,3)25-17(24)21-14-7-5-4-6-13(14)20-16(23)15-9-8-12(11-22)10-19-15/h4-10,22H,11H2,1-3H3,(H,20,23)(H,21,24). The molecular weight excluding hydrogens is 322 g/mol. The van der Waals surface area contributed by atoms with Crippen molar-refractivity contribution < 1.29 is 19.4 Å². The Balaban J connectivity index is 2.11. The highest BCUT2D eigenvalue weighted by Gasteiger charge is 2.18. The number of ether oxygens (including phenoxy) is 1. The van der Waals surface area contributed by atoms with Crippen molar-refractivity contribution in [2.24, 2.45) is 0 Å². The van der Waals surface area contributed by atoms with Crippen LogP contribution in [0.3, 0.4) is 0 Å². The highest BCUT2D eigenvalue weighted by molar-refractivity contribution is 6.05. The van der Waals surface area contributed by atoms with E-state index in [9.17, 15) is 9.59 Å². The molecule has 0 spiro atoms. The molecule has 1 heterocycles. The summed E-state index contributed by atoms with van der Waals surface area (Å²) in [5.74, 6) is -0.428. The largest absolute Gasteiger partial charge is 0.444 e. The number of pyridine rings is 1. The van der Waals surface area contributed by atoms with E-state index in [0.29, 0.717) is 16.9 Å². The van der Waals surface area contributed by atoms with E-state index in [1.165, 1.54) is 12.3 Å². The molecule has 0 aliphatic heterocycles. The van der Waals surface area contributed by atoms with Gasteiger partial charge < -0.3 is 15.2 Å². The van der Waals surface area contributed by atoms with Gasteiger partial charge in [-0.3, -0.25) is 15.1 Å². The van der Waals surface area contributed by atoms with Crippen LogP contribution in [0.5, 0.6) is 0 Å². The van der Waals surface area contributed by atoms with Crippen LogP contribution in [0.4, 0.5) is 16.2 Å². The lowest BCUT2D eigenvalue weighted by molar-refractivity contribution is 0.0635. The summed E-state index contributed by atoms with van der Waals surface area (Å²) in [7, 11) is 0. The molecule has 0 bridgehead atoms. The first-order valence-corrected chi connectivity index (χ1v) is 7.74. The number of para-hydroxylation sites is 2. The number of amides is 2. The average Bonchev–Trinajstić information content (AvgIpc) is 2.55. The summed E-state index contributed by atoms with van der Waals surface area (Å²) in [5.41, 5.74) is 1.02. The monoisotopic (exact) mass is 343 g/mol. The number of nitrogens with zero attached hydrogens (tertiary/aromatic N) is 1. The van der Waals surface area contributed by atoms with Gasteiger partial charge in [-0.2, -0.15) is 0 Å². The van der Waals surface area contributed by atoms with Crippen molar-refractivity contribution >= 4 is 23.4 Å². The zero-order valence-corrected chi connectivity index (χ0v) is 14.4. The number of nitrogens with one attached hydrogen (secondary N) is 2. The summed E-state index contributed by atoms with van der Waals surface area (Å²) in [4.78, 5) is 28.2. The molecule has 132 valence electrons. The van der Waals surface area contributed by atoms with Crippen LogP contribution in [-0.4, -0.2) is 27.7 Å². The zero-order valence-electron chi connectivity index (χ0n) is 14.4. The van der Waals surface area contributed by atoms with E-state index in [4.69, 9.17) is 9.84 Å². The van der Waals surface area contributed by atoms with Crippen molar-refractivity contribution in [2.75, 3.05) is 10.6 Å². The van der Waals surface area contributed by atoms with Gasteiger partial charge in [-0.05, 0) is 44.5 Å². The number of hydrogen-bond donors (Lipinski definition) is 3. The van der Waals surface area contributed by atoms with E-state index in [1.54, 1.807) is 51.1 Å². The Morgan fingerprint density at radius 2 is 1.72 bits per heavy atom. The van der Waals surface area contributed by atoms with Crippen LogP contribution in [0.2, 0.25) is 0 Å². The van der Waals surface area contributed by atoms with Gasteiger partial charge >= 0.3 is 6.09 Å². The second kappa shape index (κ2) is 7.76. The third kappa shape index (κ3) is 5.58. The van der Waals surface area contributed by atoms with Gasteiger partial charge in [0.25, 0.3) is 5.91 Å². The van der Waals surface area contributed by atoms with Crippen LogP contribution in [0.15, 0.2) is 42.6 Å². The van der Waals surface area contributed by atoms with E-state index in [0.717, 1.165) is 0 Å². The molecule has 25 heavy (non-hydrogen) atoms. The van der Waals surface area contributed by atoms with Crippen LogP contribution in [-0.2, 0) is 11.3 Å². The number of aliphatic hydroxyl groups is 1. The van der Waals surface area contributed by atoms with E-state index < -0.39 is 17.6 Å². The summed E-state index contributed by atoms with van der Waals surface area (Å²) >= 11 is 0. The molecule has 2 rings (SSSR count). The minimum Gasteiger partial charge on any atom is -0.444 e. The zero-order chi connectivity index (χ0) is 18.4. The number of benzene rings is 1. The summed E-state index contributed by atoms with van der Waals surface area (Å²) < 4.78 is 5.21. The molecule has 0 atom stereocenters. The molecule has 0 radical (unpaired) electrons. The van der Waals surface area contributed by atoms with Crippen molar-refractivity contribution in [3.8, 4) is 0 Å². The molecule has 1 aromatic carbocycles. The van der Waals surface area contributed by atoms with E-state index in [1.807, 2.05) is 0 Å². The van der Waals surface area contributed by atoms with Crippen molar-refractivity contribution in [1.29, 1.82) is 0 Å². The maximum atomic E-state index is 12.3. The molecule has 0 fully saturated rings. The Morgan fingerprint density at radius 3 is 2.24 bits per heavy atom. The lowest BCUT2D eigenvalue weighted by Gasteiger charge is -2.20. The Hall–Kier alpha value is -2.93. The fourth-order valence-corrected chi connectivity index (χ4v) is 1.95. The summed E-state index contributed by atoms with van der Waals surface area (Å²) in [6.07, 6.45) is 0.819. The first-order valence-electron chi connectivity index (χ1n) is 7.74. The summed E-state index contributed by atoms with van der Waals surface area (Å²) in [6.45, 7) is 5.16. The minimum atomic E-state index is -0.624. The summed E-state index contributed by atoms with van der Waals surface area (Å²) in [6, 6.07) is 9.92. The Kier molecular flexibility index (Phi) is 5.71. The number of anilines is 2. The molecule has 7 nitrogen and oxygen atoms in total. The number of aromatic nitrogens is 1. The SMILES string of the molecule is CC(C)(C)OC(=O)Nc1ccccc1NC(=O)c1ccc(CO)cn1. The smallest absolute Gasteiger partial charge is 0.412 e. The highest BCUT2D eigenvalue weighted by Crippen LogP contribution is 2.22. The molecule has 0 aliphatic rings. The van der Waals surface area contributed by atoms with Crippen molar-refractivity contribution in [1.82, 2.24) is 4.98 Å². The number of hydrogen-bond acceptors (Lipinski definition) is 5. The van der Waals surface area contributed by atoms with Gasteiger partial charge in [-0.25, -0.2) is 4.79 Å².